The third kappa shape index (κ3) is 2.08. The molecule has 2 fully saturated rings. The molecule has 0 aromatic heterocycles. The van der Waals surface area contributed by atoms with Crippen LogP contribution in [0.25, 0.3) is 0 Å². The summed E-state index contributed by atoms with van der Waals surface area (Å²) in [6.07, 6.45) is 0.163. The van der Waals surface area contributed by atoms with Crippen LogP contribution in [0.1, 0.15) is 19.8 Å². The summed E-state index contributed by atoms with van der Waals surface area (Å²) < 4.78 is 51.3. The van der Waals surface area contributed by atoms with E-state index in [4.69, 9.17) is 0 Å². The molecule has 0 bridgehead atoms. The van der Waals surface area contributed by atoms with Crippen molar-refractivity contribution in [3.63, 3.8) is 0 Å². The van der Waals surface area contributed by atoms with E-state index < -0.39 is 27.2 Å². The molecule has 2 atom stereocenters. The number of hydrogen-bond donors (Lipinski definition) is 1. The summed E-state index contributed by atoms with van der Waals surface area (Å²) in [4.78, 5) is 0. The lowest BCUT2D eigenvalue weighted by molar-refractivity contribution is -0.0397. The van der Waals surface area contributed by atoms with Crippen LogP contribution < -0.4 is 5.32 Å². The number of halogens is 2. The monoisotopic (exact) mass is 254 g/mol. The highest BCUT2D eigenvalue weighted by Gasteiger charge is 2.45. The smallest absolute Gasteiger partial charge is 0.261 e. The summed E-state index contributed by atoms with van der Waals surface area (Å²) in [5.74, 6) is -2.80. The summed E-state index contributed by atoms with van der Waals surface area (Å²) in [7, 11) is -3.36. The molecule has 1 N–H and O–H groups in total. The number of hydrogen-bond acceptors (Lipinski definition) is 3. The van der Waals surface area contributed by atoms with E-state index >= 15 is 0 Å². The summed E-state index contributed by atoms with van der Waals surface area (Å²) in [6, 6.07) is -0.598. The van der Waals surface area contributed by atoms with Gasteiger partial charge < -0.3 is 5.32 Å². The number of nitrogens with zero attached hydrogens (tertiary/aromatic N) is 1. The largest absolute Gasteiger partial charge is 0.310 e. The first-order valence-corrected chi connectivity index (χ1v) is 6.92. The Kier molecular flexibility index (Phi) is 2.96. The second kappa shape index (κ2) is 3.89. The van der Waals surface area contributed by atoms with Crippen LogP contribution in [0.2, 0.25) is 0 Å². The van der Waals surface area contributed by atoms with Gasteiger partial charge in [-0.15, -0.1) is 0 Å². The van der Waals surface area contributed by atoms with Gasteiger partial charge in [0.05, 0.1) is 11.8 Å². The van der Waals surface area contributed by atoms with Gasteiger partial charge in [0.1, 0.15) is 0 Å². The minimum absolute atomic E-state index is 0.321. The zero-order chi connectivity index (χ0) is 12.0. The Morgan fingerprint density at radius 3 is 2.62 bits per heavy atom. The number of alkyl halides is 2. The molecule has 0 amide bonds. The topological polar surface area (TPSA) is 49.4 Å². The lowest BCUT2D eigenvalue weighted by atomic mass is 10.0. The van der Waals surface area contributed by atoms with Gasteiger partial charge in [-0.3, -0.25) is 0 Å². The minimum atomic E-state index is -3.36. The highest BCUT2D eigenvalue weighted by atomic mass is 32.2. The Bertz CT molecular complexity index is 372. The first-order valence-electron chi connectivity index (χ1n) is 5.42. The lowest BCUT2D eigenvalue weighted by Crippen LogP contribution is -2.54. The molecule has 0 aromatic rings. The van der Waals surface area contributed by atoms with E-state index in [1.54, 1.807) is 6.92 Å². The van der Waals surface area contributed by atoms with E-state index in [2.05, 4.69) is 5.32 Å². The first-order chi connectivity index (χ1) is 7.33. The number of nitrogens with one attached hydrogen (secondary N) is 1. The standard InChI is InChI=1S/C9H16F2N2O2S/c1-7-2-3-13(16(7,14)15)8-4-9(10,11)6-12-5-8/h7-8,12H,2-6H2,1H3. The van der Waals surface area contributed by atoms with Crippen LogP contribution in [0, 0.1) is 0 Å². The van der Waals surface area contributed by atoms with Crippen LogP contribution in [0.4, 0.5) is 8.78 Å². The van der Waals surface area contributed by atoms with Crippen molar-refractivity contribution < 1.29 is 17.2 Å². The zero-order valence-corrected chi connectivity index (χ0v) is 9.93. The maximum atomic E-state index is 13.2. The Morgan fingerprint density at radius 1 is 1.44 bits per heavy atom. The van der Waals surface area contributed by atoms with Gasteiger partial charge in [-0.1, -0.05) is 0 Å². The zero-order valence-electron chi connectivity index (χ0n) is 9.12. The van der Waals surface area contributed by atoms with Crippen LogP contribution in [-0.4, -0.2) is 49.6 Å². The fourth-order valence-electron chi connectivity index (χ4n) is 2.32. The van der Waals surface area contributed by atoms with Crippen LogP contribution in [0.15, 0.2) is 0 Å². The molecule has 94 valence electrons. The minimum Gasteiger partial charge on any atom is -0.310 e. The molecule has 0 aliphatic carbocycles. The van der Waals surface area contributed by atoms with Crippen molar-refractivity contribution in [1.82, 2.24) is 9.62 Å². The Labute approximate surface area is 94.0 Å². The summed E-state index contributed by atoms with van der Waals surface area (Å²) in [5.41, 5.74) is 0. The Morgan fingerprint density at radius 2 is 2.12 bits per heavy atom. The van der Waals surface area contributed by atoms with Gasteiger partial charge in [0.15, 0.2) is 0 Å². The Hall–Kier alpha value is -0.270. The van der Waals surface area contributed by atoms with Gasteiger partial charge in [0.25, 0.3) is 5.92 Å². The second-order valence-electron chi connectivity index (χ2n) is 4.60. The van der Waals surface area contributed by atoms with Gasteiger partial charge >= 0.3 is 0 Å². The third-order valence-corrected chi connectivity index (χ3v) is 5.68. The predicted molar refractivity (Wildman–Crippen MR) is 55.9 cm³/mol. The molecule has 0 saturated carbocycles. The number of sulfonamides is 1. The van der Waals surface area contributed by atoms with Crippen LogP contribution in [0.5, 0.6) is 0 Å². The predicted octanol–water partition coefficient (Wildman–Crippen LogP) is 0.408. The number of piperidine rings is 1. The molecule has 2 aliphatic heterocycles. The normalized spacial score (nSPS) is 38.7. The van der Waals surface area contributed by atoms with Crippen LogP contribution >= 0.6 is 0 Å². The molecule has 16 heavy (non-hydrogen) atoms. The van der Waals surface area contributed by atoms with Crippen molar-refractivity contribution in [2.75, 3.05) is 19.6 Å². The molecule has 2 aliphatic rings. The Balaban J connectivity index is 2.14. The summed E-state index contributed by atoms with van der Waals surface area (Å²) >= 11 is 0. The van der Waals surface area contributed by atoms with Gasteiger partial charge in [-0.25, -0.2) is 17.2 Å². The molecule has 0 aromatic carbocycles. The maximum absolute atomic E-state index is 13.2. The molecule has 0 radical (unpaired) electrons. The number of rotatable bonds is 1. The van der Waals surface area contributed by atoms with Crippen molar-refractivity contribution in [2.45, 2.75) is 37.0 Å². The third-order valence-electron chi connectivity index (χ3n) is 3.30. The lowest BCUT2D eigenvalue weighted by Gasteiger charge is -2.34. The maximum Gasteiger partial charge on any atom is 0.261 e. The average Bonchev–Trinajstić information content (AvgIpc) is 2.40. The summed E-state index contributed by atoms with van der Waals surface area (Å²) in [5, 5.41) is 2.16. The molecular weight excluding hydrogens is 238 g/mol. The second-order valence-corrected chi connectivity index (χ2v) is 6.90. The fraction of sp³-hybridized carbons (Fsp3) is 1.00. The molecule has 2 saturated heterocycles. The fourth-order valence-corrected chi connectivity index (χ4v) is 4.11. The van der Waals surface area contributed by atoms with E-state index in [0.717, 1.165) is 0 Å². The van der Waals surface area contributed by atoms with E-state index in [-0.39, 0.29) is 13.0 Å². The van der Waals surface area contributed by atoms with Gasteiger partial charge in [-0.05, 0) is 13.3 Å². The van der Waals surface area contributed by atoms with Crippen molar-refractivity contribution in [3.8, 4) is 0 Å². The molecular formula is C9H16F2N2O2S. The highest BCUT2D eigenvalue weighted by Crippen LogP contribution is 2.31. The first kappa shape index (κ1) is 12.2. The van der Waals surface area contributed by atoms with Gasteiger partial charge in [0.2, 0.25) is 10.0 Å². The molecule has 2 rings (SSSR count). The van der Waals surface area contributed by atoms with E-state index in [0.29, 0.717) is 19.5 Å². The van der Waals surface area contributed by atoms with Gasteiger partial charge in [0, 0.05) is 25.6 Å². The average molecular weight is 254 g/mol. The van der Waals surface area contributed by atoms with Crippen molar-refractivity contribution in [3.05, 3.63) is 0 Å². The SMILES string of the molecule is CC1CCN(C2CNCC(F)(F)C2)S1(=O)=O. The van der Waals surface area contributed by atoms with Crippen LogP contribution in [0.3, 0.4) is 0 Å². The van der Waals surface area contributed by atoms with Crippen LogP contribution in [-0.2, 0) is 10.0 Å². The van der Waals surface area contributed by atoms with Crippen molar-refractivity contribution >= 4 is 10.0 Å². The van der Waals surface area contributed by atoms with E-state index in [9.17, 15) is 17.2 Å². The van der Waals surface area contributed by atoms with E-state index in [1.807, 2.05) is 0 Å². The van der Waals surface area contributed by atoms with Crippen molar-refractivity contribution in [2.24, 2.45) is 0 Å². The molecule has 7 heteroatoms. The van der Waals surface area contributed by atoms with Gasteiger partial charge in [-0.2, -0.15) is 4.31 Å². The molecule has 2 heterocycles. The molecule has 0 spiro atoms. The summed E-state index contributed by atoms with van der Waals surface area (Å²) in [6.45, 7) is 1.96. The van der Waals surface area contributed by atoms with E-state index in [1.165, 1.54) is 4.31 Å². The quantitative estimate of drug-likeness (QED) is 0.737. The highest BCUT2D eigenvalue weighted by molar-refractivity contribution is 7.90. The molecule has 4 nitrogen and oxygen atoms in total. The molecule has 2 unspecified atom stereocenters. The van der Waals surface area contributed by atoms with Crippen molar-refractivity contribution in [1.29, 1.82) is 0 Å².